The van der Waals surface area contributed by atoms with Crippen LogP contribution >= 0.6 is 0 Å². The number of carbonyl (C=O) groups excluding carboxylic acids is 2. The molecule has 2 aromatic rings. The maximum absolute atomic E-state index is 13.4. The van der Waals surface area contributed by atoms with E-state index in [1.54, 1.807) is 25.1 Å². The van der Waals surface area contributed by atoms with Crippen LogP contribution in [-0.4, -0.2) is 57.6 Å². The van der Waals surface area contributed by atoms with Crippen LogP contribution in [0.4, 0.5) is 10.1 Å². The molecule has 0 aromatic heterocycles. The van der Waals surface area contributed by atoms with Crippen molar-refractivity contribution in [3.63, 3.8) is 0 Å². The summed E-state index contributed by atoms with van der Waals surface area (Å²) in [5.74, 6) is -0.721. The van der Waals surface area contributed by atoms with Crippen molar-refractivity contribution in [2.75, 3.05) is 30.8 Å². The third-order valence-corrected chi connectivity index (χ3v) is 6.28. The fourth-order valence-electron chi connectivity index (χ4n) is 3.20. The van der Waals surface area contributed by atoms with Gasteiger partial charge < -0.3 is 15.0 Å². The fraction of sp³-hybridized carbons (Fsp3) is 0.417. The van der Waals surface area contributed by atoms with Crippen LogP contribution in [0.1, 0.15) is 26.3 Å². The molecule has 0 aliphatic carbocycles. The zero-order valence-corrected chi connectivity index (χ0v) is 20.9. The van der Waals surface area contributed by atoms with E-state index in [4.69, 9.17) is 4.74 Å². The summed E-state index contributed by atoms with van der Waals surface area (Å²) in [5.41, 5.74) is 0.861. The molecule has 0 fully saturated rings. The second-order valence-electron chi connectivity index (χ2n) is 8.43. The Morgan fingerprint density at radius 2 is 1.74 bits per heavy atom. The van der Waals surface area contributed by atoms with Gasteiger partial charge in [0, 0.05) is 19.2 Å². The summed E-state index contributed by atoms with van der Waals surface area (Å²) in [6, 6.07) is 11.0. The second kappa shape index (κ2) is 11.8. The zero-order valence-electron chi connectivity index (χ0n) is 20.1. The number of benzene rings is 2. The fourth-order valence-corrected chi connectivity index (χ4v) is 4.04. The van der Waals surface area contributed by atoms with Gasteiger partial charge in [0.05, 0.1) is 19.1 Å². The van der Waals surface area contributed by atoms with Crippen LogP contribution in [0.5, 0.6) is 5.75 Å². The number of ether oxygens (including phenoxy) is 1. The Morgan fingerprint density at radius 1 is 1.09 bits per heavy atom. The van der Waals surface area contributed by atoms with Crippen LogP contribution in [0.25, 0.3) is 0 Å². The molecule has 34 heavy (non-hydrogen) atoms. The largest absolute Gasteiger partial charge is 0.497 e. The van der Waals surface area contributed by atoms with Gasteiger partial charge in [-0.05, 0) is 42.7 Å². The van der Waals surface area contributed by atoms with Gasteiger partial charge in [0.2, 0.25) is 21.8 Å². The lowest BCUT2D eigenvalue weighted by Gasteiger charge is -2.31. The minimum absolute atomic E-state index is 0.00505. The Kier molecular flexibility index (Phi) is 9.43. The highest BCUT2D eigenvalue weighted by Gasteiger charge is 2.30. The molecule has 0 saturated carbocycles. The summed E-state index contributed by atoms with van der Waals surface area (Å²) in [6.45, 7) is 5.39. The molecular weight excluding hydrogens is 461 g/mol. The molecule has 0 unspecified atom stereocenters. The van der Waals surface area contributed by atoms with Crippen LogP contribution in [0.15, 0.2) is 48.5 Å². The van der Waals surface area contributed by atoms with Gasteiger partial charge in [0.25, 0.3) is 0 Å². The molecule has 2 aromatic carbocycles. The topological polar surface area (TPSA) is 96.0 Å². The smallest absolute Gasteiger partial charge is 0.244 e. The number of carbonyl (C=O) groups is 2. The minimum atomic E-state index is -3.84. The molecule has 0 aliphatic rings. The number of sulfonamides is 1. The summed E-state index contributed by atoms with van der Waals surface area (Å²) >= 11 is 0. The number of hydrogen-bond acceptors (Lipinski definition) is 5. The zero-order chi connectivity index (χ0) is 25.5. The maximum Gasteiger partial charge on any atom is 0.244 e. The number of anilines is 1. The lowest BCUT2D eigenvalue weighted by molar-refractivity contribution is -0.139. The quantitative estimate of drug-likeness (QED) is 0.519. The molecule has 10 heteroatoms. The van der Waals surface area contributed by atoms with Crippen molar-refractivity contribution >= 4 is 27.5 Å². The molecule has 2 amide bonds. The monoisotopic (exact) mass is 493 g/mol. The molecule has 0 bridgehead atoms. The third kappa shape index (κ3) is 7.72. The van der Waals surface area contributed by atoms with Crippen LogP contribution in [-0.2, 0) is 26.2 Å². The number of hydrogen-bond donors (Lipinski definition) is 1. The highest BCUT2D eigenvalue weighted by atomic mass is 32.2. The van der Waals surface area contributed by atoms with E-state index >= 15 is 0 Å². The standard InChI is InChI=1S/C24H32FN3O5S/c1-17(2)14-26-24(30)18(3)27(15-19-9-11-20(25)12-10-19)23(29)16-28(34(5,31)32)21-7-6-8-22(13-21)33-4/h6-13,17-18H,14-16H2,1-5H3,(H,26,30)/t18-/m1/s1. The van der Waals surface area contributed by atoms with E-state index in [1.165, 1.54) is 42.3 Å². The first-order valence-corrected chi connectivity index (χ1v) is 12.7. The van der Waals surface area contributed by atoms with Crippen molar-refractivity contribution in [3.8, 4) is 5.75 Å². The summed E-state index contributed by atoms with van der Waals surface area (Å²) in [7, 11) is -2.38. The van der Waals surface area contributed by atoms with Gasteiger partial charge in [-0.25, -0.2) is 12.8 Å². The molecule has 0 heterocycles. The Hall–Kier alpha value is -3.14. The summed E-state index contributed by atoms with van der Waals surface area (Å²) in [5, 5.41) is 2.80. The first-order chi connectivity index (χ1) is 15.9. The van der Waals surface area contributed by atoms with Crippen LogP contribution in [0, 0.1) is 11.7 Å². The molecular formula is C24H32FN3O5S. The van der Waals surface area contributed by atoms with Crippen molar-refractivity contribution in [1.29, 1.82) is 0 Å². The number of amides is 2. The molecule has 186 valence electrons. The van der Waals surface area contributed by atoms with Crippen molar-refractivity contribution in [3.05, 3.63) is 59.9 Å². The van der Waals surface area contributed by atoms with Crippen LogP contribution in [0.3, 0.4) is 0 Å². The van der Waals surface area contributed by atoms with E-state index in [0.717, 1.165) is 10.6 Å². The maximum atomic E-state index is 13.4. The van der Waals surface area contributed by atoms with Crippen molar-refractivity contribution < 1.29 is 27.1 Å². The van der Waals surface area contributed by atoms with Gasteiger partial charge in [0.15, 0.2) is 0 Å². The van der Waals surface area contributed by atoms with Gasteiger partial charge in [-0.2, -0.15) is 0 Å². The first-order valence-electron chi connectivity index (χ1n) is 10.9. The Morgan fingerprint density at radius 3 is 2.29 bits per heavy atom. The van der Waals surface area contributed by atoms with Gasteiger partial charge in [-0.3, -0.25) is 13.9 Å². The SMILES string of the molecule is COc1cccc(N(CC(=O)N(Cc2ccc(F)cc2)[C@H](C)C(=O)NCC(C)C)S(C)(=O)=O)c1. The van der Waals surface area contributed by atoms with Crippen molar-refractivity contribution in [2.24, 2.45) is 5.92 Å². The minimum Gasteiger partial charge on any atom is -0.497 e. The molecule has 1 N–H and O–H groups in total. The lowest BCUT2D eigenvalue weighted by Crippen LogP contribution is -2.51. The molecule has 0 aliphatic heterocycles. The first kappa shape index (κ1) is 27.1. The summed E-state index contributed by atoms with van der Waals surface area (Å²) in [6.07, 6.45) is 1.00. The van der Waals surface area contributed by atoms with Crippen molar-refractivity contribution in [1.82, 2.24) is 10.2 Å². The average Bonchev–Trinajstić information content (AvgIpc) is 2.79. The number of halogens is 1. The van der Waals surface area contributed by atoms with Gasteiger partial charge in [-0.1, -0.05) is 32.0 Å². The predicted octanol–water partition coefficient (Wildman–Crippen LogP) is 2.79. The van der Waals surface area contributed by atoms with Crippen LogP contribution in [0.2, 0.25) is 0 Å². The van der Waals surface area contributed by atoms with Crippen molar-refractivity contribution in [2.45, 2.75) is 33.4 Å². The normalized spacial score (nSPS) is 12.2. The predicted molar refractivity (Wildman–Crippen MR) is 129 cm³/mol. The van der Waals surface area contributed by atoms with E-state index < -0.39 is 34.3 Å². The molecule has 1 atom stereocenters. The number of rotatable bonds is 11. The molecule has 0 spiro atoms. The molecule has 0 saturated heterocycles. The average molecular weight is 494 g/mol. The van der Waals surface area contributed by atoms with E-state index in [0.29, 0.717) is 17.9 Å². The van der Waals surface area contributed by atoms with Gasteiger partial charge in [-0.15, -0.1) is 0 Å². The van der Waals surface area contributed by atoms with E-state index in [9.17, 15) is 22.4 Å². The number of nitrogens with zero attached hydrogens (tertiary/aromatic N) is 2. The molecule has 8 nitrogen and oxygen atoms in total. The summed E-state index contributed by atoms with van der Waals surface area (Å²) < 4.78 is 44.6. The Labute approximate surface area is 200 Å². The second-order valence-corrected chi connectivity index (χ2v) is 10.3. The Bertz CT molecular complexity index is 1090. The third-order valence-electron chi connectivity index (χ3n) is 5.14. The van der Waals surface area contributed by atoms with E-state index in [2.05, 4.69) is 5.32 Å². The van der Waals surface area contributed by atoms with Gasteiger partial charge in [0.1, 0.15) is 24.2 Å². The highest BCUT2D eigenvalue weighted by Crippen LogP contribution is 2.23. The number of methoxy groups -OCH3 is 1. The molecule has 0 radical (unpaired) electrons. The van der Waals surface area contributed by atoms with Gasteiger partial charge >= 0.3 is 0 Å². The van der Waals surface area contributed by atoms with E-state index in [-0.39, 0.29) is 24.1 Å². The Balaban J connectivity index is 2.37. The van der Waals surface area contributed by atoms with E-state index in [1.807, 2.05) is 13.8 Å². The summed E-state index contributed by atoms with van der Waals surface area (Å²) in [4.78, 5) is 27.5. The number of nitrogens with one attached hydrogen (secondary N) is 1. The highest BCUT2D eigenvalue weighted by molar-refractivity contribution is 7.92. The lowest BCUT2D eigenvalue weighted by atomic mass is 10.1. The molecule has 2 rings (SSSR count). The van der Waals surface area contributed by atoms with Crippen LogP contribution < -0.4 is 14.4 Å².